The Morgan fingerprint density at radius 1 is 1.24 bits per heavy atom. The molecule has 1 saturated heterocycles. The van der Waals surface area contributed by atoms with Crippen LogP contribution in [0.1, 0.15) is 25.7 Å². The van der Waals surface area contributed by atoms with Crippen LogP contribution in [0.5, 0.6) is 0 Å². The van der Waals surface area contributed by atoms with Gasteiger partial charge in [0.25, 0.3) is 0 Å². The molecule has 8 nitrogen and oxygen atoms in total. The van der Waals surface area contributed by atoms with E-state index in [9.17, 15) is 4.79 Å². The van der Waals surface area contributed by atoms with Crippen molar-refractivity contribution < 1.29 is 4.79 Å². The predicted octanol–water partition coefficient (Wildman–Crippen LogP) is 0.334. The first-order valence-corrected chi connectivity index (χ1v) is 7.27. The molecular formula is C13H23N7O. The molecule has 1 aromatic heterocycles. The molecule has 21 heavy (non-hydrogen) atoms. The van der Waals surface area contributed by atoms with Crippen LogP contribution in [0.25, 0.3) is 0 Å². The van der Waals surface area contributed by atoms with Crippen molar-refractivity contribution in [3.05, 3.63) is 0 Å². The smallest absolute Gasteiger partial charge is 0.231 e. The number of aromatic nitrogens is 3. The summed E-state index contributed by atoms with van der Waals surface area (Å²) < 4.78 is 0. The third-order valence-electron chi connectivity index (χ3n) is 3.40. The predicted molar refractivity (Wildman–Crippen MR) is 82.1 cm³/mol. The molecule has 0 atom stereocenters. The van der Waals surface area contributed by atoms with Crippen LogP contribution in [0.15, 0.2) is 0 Å². The second-order valence-electron chi connectivity index (χ2n) is 5.33. The third-order valence-corrected chi connectivity index (χ3v) is 3.40. The summed E-state index contributed by atoms with van der Waals surface area (Å²) >= 11 is 0. The van der Waals surface area contributed by atoms with E-state index in [0.717, 1.165) is 25.9 Å². The van der Waals surface area contributed by atoms with E-state index < -0.39 is 0 Å². The third kappa shape index (κ3) is 4.44. The summed E-state index contributed by atoms with van der Waals surface area (Å²) in [4.78, 5) is 27.8. The molecule has 2 heterocycles. The molecule has 1 amide bonds. The van der Waals surface area contributed by atoms with Gasteiger partial charge in [-0.1, -0.05) is 0 Å². The van der Waals surface area contributed by atoms with E-state index in [1.54, 1.807) is 19.0 Å². The van der Waals surface area contributed by atoms with Crippen LogP contribution in [0.3, 0.4) is 0 Å². The number of nitrogens with one attached hydrogen (secondary N) is 1. The lowest BCUT2D eigenvalue weighted by atomic mass is 10.1. The summed E-state index contributed by atoms with van der Waals surface area (Å²) in [5.74, 6) is 1.30. The number of rotatable bonds is 5. The summed E-state index contributed by atoms with van der Waals surface area (Å²) in [7, 11) is 3.47. The average molecular weight is 293 g/mol. The van der Waals surface area contributed by atoms with Gasteiger partial charge in [-0.05, 0) is 19.3 Å². The monoisotopic (exact) mass is 293 g/mol. The Balaban J connectivity index is 1.96. The largest absolute Gasteiger partial charge is 0.368 e. The van der Waals surface area contributed by atoms with Gasteiger partial charge in [0.05, 0.1) is 0 Å². The first-order chi connectivity index (χ1) is 10.1. The molecule has 3 N–H and O–H groups in total. The lowest BCUT2D eigenvalue weighted by molar-refractivity contribution is -0.128. The highest BCUT2D eigenvalue weighted by molar-refractivity contribution is 5.76. The maximum atomic E-state index is 11.5. The van der Waals surface area contributed by atoms with Crippen LogP contribution in [-0.2, 0) is 4.79 Å². The van der Waals surface area contributed by atoms with Gasteiger partial charge in [-0.2, -0.15) is 15.0 Å². The molecule has 1 fully saturated rings. The minimum Gasteiger partial charge on any atom is -0.368 e. The first-order valence-electron chi connectivity index (χ1n) is 7.27. The molecule has 0 bridgehead atoms. The van der Waals surface area contributed by atoms with Crippen molar-refractivity contribution >= 4 is 23.8 Å². The molecule has 116 valence electrons. The molecular weight excluding hydrogens is 270 g/mol. The van der Waals surface area contributed by atoms with E-state index in [2.05, 4.69) is 25.2 Å². The molecule has 1 aromatic rings. The number of hydrogen-bond donors (Lipinski definition) is 2. The van der Waals surface area contributed by atoms with Crippen LogP contribution < -0.4 is 16.0 Å². The van der Waals surface area contributed by atoms with E-state index in [0.29, 0.717) is 24.9 Å². The molecule has 0 aliphatic carbocycles. The normalized spacial score (nSPS) is 14.9. The molecule has 1 aliphatic heterocycles. The Bertz CT molecular complexity index is 485. The van der Waals surface area contributed by atoms with Crippen molar-refractivity contribution in [2.24, 2.45) is 0 Å². The summed E-state index contributed by atoms with van der Waals surface area (Å²) in [5, 5.41) is 3.03. The number of nitrogens with zero attached hydrogens (tertiary/aromatic N) is 5. The second-order valence-corrected chi connectivity index (χ2v) is 5.33. The van der Waals surface area contributed by atoms with Crippen molar-refractivity contribution in [3.63, 3.8) is 0 Å². The van der Waals surface area contributed by atoms with Crippen molar-refractivity contribution in [1.82, 2.24) is 19.9 Å². The van der Waals surface area contributed by atoms with Crippen molar-refractivity contribution in [3.8, 4) is 0 Å². The van der Waals surface area contributed by atoms with Crippen LogP contribution in [0.4, 0.5) is 17.8 Å². The minimum absolute atomic E-state index is 0.0563. The fraction of sp³-hybridized carbons (Fsp3) is 0.692. The Kier molecular flexibility index (Phi) is 5.13. The quantitative estimate of drug-likeness (QED) is 0.807. The number of nitrogens with two attached hydrogens (primary N) is 1. The fourth-order valence-corrected chi connectivity index (χ4v) is 2.20. The maximum Gasteiger partial charge on any atom is 0.231 e. The Morgan fingerprint density at radius 2 is 1.95 bits per heavy atom. The SMILES string of the molecule is CN(C)C(=O)CCNc1nc(N)nc(N2CCCCC2)n1. The van der Waals surface area contributed by atoms with Gasteiger partial charge in [-0.15, -0.1) is 0 Å². The zero-order chi connectivity index (χ0) is 15.2. The van der Waals surface area contributed by atoms with Gasteiger partial charge < -0.3 is 20.9 Å². The van der Waals surface area contributed by atoms with Gasteiger partial charge in [0.2, 0.25) is 23.8 Å². The summed E-state index contributed by atoms with van der Waals surface area (Å²) in [5.41, 5.74) is 5.74. The average Bonchev–Trinajstić information content (AvgIpc) is 2.47. The first kappa shape index (κ1) is 15.3. The minimum atomic E-state index is 0.0563. The summed E-state index contributed by atoms with van der Waals surface area (Å²) in [6, 6.07) is 0. The highest BCUT2D eigenvalue weighted by atomic mass is 16.2. The summed E-state index contributed by atoms with van der Waals surface area (Å²) in [6.07, 6.45) is 3.92. The Hall–Kier alpha value is -2.12. The molecule has 0 saturated carbocycles. The van der Waals surface area contributed by atoms with Gasteiger partial charge in [0, 0.05) is 40.2 Å². The number of hydrogen-bond acceptors (Lipinski definition) is 7. The van der Waals surface area contributed by atoms with Crippen LogP contribution in [0.2, 0.25) is 0 Å². The number of piperidine rings is 1. The van der Waals surface area contributed by atoms with Crippen molar-refractivity contribution in [1.29, 1.82) is 0 Å². The molecule has 8 heteroatoms. The van der Waals surface area contributed by atoms with Gasteiger partial charge in [-0.3, -0.25) is 4.79 Å². The highest BCUT2D eigenvalue weighted by Gasteiger charge is 2.15. The van der Waals surface area contributed by atoms with E-state index in [1.165, 1.54) is 6.42 Å². The highest BCUT2D eigenvalue weighted by Crippen LogP contribution is 2.17. The number of carbonyl (C=O) groups excluding carboxylic acids is 1. The number of amides is 1. The molecule has 0 aromatic carbocycles. The van der Waals surface area contributed by atoms with Crippen LogP contribution in [0, 0.1) is 0 Å². The Morgan fingerprint density at radius 3 is 2.62 bits per heavy atom. The molecule has 0 unspecified atom stereocenters. The second kappa shape index (κ2) is 7.05. The van der Waals surface area contributed by atoms with E-state index >= 15 is 0 Å². The van der Waals surface area contributed by atoms with Gasteiger partial charge in [0.15, 0.2) is 0 Å². The summed E-state index contributed by atoms with van der Waals surface area (Å²) in [6.45, 7) is 2.37. The van der Waals surface area contributed by atoms with E-state index in [4.69, 9.17) is 5.73 Å². The number of anilines is 3. The molecule has 0 radical (unpaired) electrons. The van der Waals surface area contributed by atoms with Gasteiger partial charge in [0.1, 0.15) is 0 Å². The lowest BCUT2D eigenvalue weighted by Gasteiger charge is -2.26. The zero-order valence-electron chi connectivity index (χ0n) is 12.7. The van der Waals surface area contributed by atoms with Gasteiger partial charge >= 0.3 is 0 Å². The van der Waals surface area contributed by atoms with Crippen LogP contribution >= 0.6 is 0 Å². The maximum absolute atomic E-state index is 11.5. The van der Waals surface area contributed by atoms with Crippen molar-refractivity contribution in [2.75, 3.05) is 49.7 Å². The van der Waals surface area contributed by atoms with Crippen molar-refractivity contribution in [2.45, 2.75) is 25.7 Å². The number of nitrogen functional groups attached to an aromatic ring is 1. The molecule has 2 rings (SSSR count). The topological polar surface area (TPSA) is 100 Å². The van der Waals surface area contributed by atoms with E-state index in [1.807, 2.05) is 0 Å². The van der Waals surface area contributed by atoms with E-state index in [-0.39, 0.29) is 11.9 Å². The van der Waals surface area contributed by atoms with Gasteiger partial charge in [-0.25, -0.2) is 0 Å². The molecule has 0 spiro atoms. The van der Waals surface area contributed by atoms with Crippen LogP contribution in [-0.4, -0.2) is 59.5 Å². The fourth-order valence-electron chi connectivity index (χ4n) is 2.20. The Labute approximate surface area is 124 Å². The standard InChI is InChI=1S/C13H23N7O/c1-19(2)10(21)6-7-15-12-16-11(14)17-13(18-12)20-8-4-3-5-9-20/h3-9H2,1-2H3,(H3,14,15,16,17,18). The lowest BCUT2D eigenvalue weighted by Crippen LogP contribution is -2.31. The molecule has 1 aliphatic rings. The zero-order valence-corrected chi connectivity index (χ0v) is 12.7. The number of carbonyl (C=O) groups is 1.